The number of aliphatic hydroxyl groups excluding tert-OH is 1. The summed E-state index contributed by atoms with van der Waals surface area (Å²) in [6.45, 7) is 4.61. The van der Waals surface area contributed by atoms with Gasteiger partial charge in [0.25, 0.3) is 0 Å². The number of hydrogen-bond donors (Lipinski definition) is 1. The Hall–Kier alpha value is -0.820. The molecule has 2 rings (SSSR count). The van der Waals surface area contributed by atoms with Crippen LogP contribution in [0.3, 0.4) is 0 Å². The van der Waals surface area contributed by atoms with Crippen LogP contribution in [0, 0.1) is 17.8 Å². The highest BCUT2D eigenvalue weighted by molar-refractivity contribution is 5.18. The fourth-order valence-electron chi connectivity index (χ4n) is 3.19. The number of aliphatic hydroxyl groups is 1. The molecule has 0 amide bonds. The van der Waals surface area contributed by atoms with E-state index in [0.717, 1.165) is 17.4 Å². The number of hydrogen-bond acceptors (Lipinski definition) is 1. The Labute approximate surface area is 98.5 Å². The lowest BCUT2D eigenvalue weighted by molar-refractivity contribution is 0.0552. The molecule has 0 saturated heterocycles. The highest BCUT2D eigenvalue weighted by Crippen LogP contribution is 2.39. The van der Waals surface area contributed by atoms with Crippen LogP contribution < -0.4 is 0 Å². The molecule has 1 aliphatic rings. The average molecular weight is 218 g/mol. The first kappa shape index (κ1) is 11.7. The van der Waals surface area contributed by atoms with Crippen molar-refractivity contribution in [3.05, 3.63) is 35.9 Å². The zero-order chi connectivity index (χ0) is 11.5. The lowest BCUT2D eigenvalue weighted by Crippen LogP contribution is -2.24. The molecule has 1 aromatic rings. The molecule has 1 N–H and O–H groups in total. The Morgan fingerprint density at radius 3 is 2.12 bits per heavy atom. The molecular weight excluding hydrogens is 196 g/mol. The van der Waals surface area contributed by atoms with Gasteiger partial charge in [0.15, 0.2) is 0 Å². The molecule has 0 spiro atoms. The monoisotopic (exact) mass is 218 g/mol. The zero-order valence-corrected chi connectivity index (χ0v) is 10.3. The van der Waals surface area contributed by atoms with E-state index < -0.39 is 0 Å². The van der Waals surface area contributed by atoms with E-state index >= 15 is 0 Å². The van der Waals surface area contributed by atoms with Crippen LogP contribution in [-0.2, 0) is 0 Å². The van der Waals surface area contributed by atoms with Crippen molar-refractivity contribution in [2.24, 2.45) is 17.8 Å². The highest BCUT2D eigenvalue weighted by Gasteiger charge is 2.29. The first-order chi connectivity index (χ1) is 7.66. The SMILES string of the molecule is CC1CC(C)CC(C(O)c2ccccc2)C1. The lowest BCUT2D eigenvalue weighted by Gasteiger charge is -2.34. The van der Waals surface area contributed by atoms with Gasteiger partial charge in [0, 0.05) is 0 Å². The van der Waals surface area contributed by atoms with Crippen LogP contribution in [0.15, 0.2) is 30.3 Å². The first-order valence-corrected chi connectivity index (χ1v) is 6.40. The molecule has 3 unspecified atom stereocenters. The van der Waals surface area contributed by atoms with Crippen LogP contribution in [0.1, 0.15) is 44.8 Å². The Morgan fingerprint density at radius 1 is 1.00 bits per heavy atom. The Morgan fingerprint density at radius 2 is 1.56 bits per heavy atom. The summed E-state index contributed by atoms with van der Waals surface area (Å²) in [4.78, 5) is 0. The van der Waals surface area contributed by atoms with Crippen molar-refractivity contribution in [2.45, 2.75) is 39.2 Å². The molecule has 0 heterocycles. The maximum absolute atomic E-state index is 10.4. The molecule has 1 fully saturated rings. The van der Waals surface area contributed by atoms with Crippen LogP contribution >= 0.6 is 0 Å². The van der Waals surface area contributed by atoms with Gasteiger partial charge in [-0.15, -0.1) is 0 Å². The number of benzene rings is 1. The molecule has 16 heavy (non-hydrogen) atoms. The third kappa shape index (κ3) is 2.65. The summed E-state index contributed by atoms with van der Waals surface area (Å²) in [6, 6.07) is 10.1. The second-order valence-electron chi connectivity index (χ2n) is 5.53. The molecule has 1 aliphatic carbocycles. The van der Waals surface area contributed by atoms with E-state index in [4.69, 9.17) is 0 Å². The van der Waals surface area contributed by atoms with Crippen LogP contribution in [-0.4, -0.2) is 5.11 Å². The topological polar surface area (TPSA) is 20.2 Å². The standard InChI is InChI=1S/C15H22O/c1-11-8-12(2)10-14(9-11)15(16)13-6-4-3-5-7-13/h3-7,11-12,14-16H,8-10H2,1-2H3. The Kier molecular flexibility index (Phi) is 3.65. The molecule has 0 aromatic heterocycles. The van der Waals surface area contributed by atoms with Gasteiger partial charge in [-0.25, -0.2) is 0 Å². The van der Waals surface area contributed by atoms with Crippen molar-refractivity contribution in [3.63, 3.8) is 0 Å². The maximum atomic E-state index is 10.4. The van der Waals surface area contributed by atoms with Crippen LogP contribution in [0.25, 0.3) is 0 Å². The van der Waals surface area contributed by atoms with Crippen LogP contribution in [0.2, 0.25) is 0 Å². The summed E-state index contributed by atoms with van der Waals surface area (Å²) >= 11 is 0. The number of rotatable bonds is 2. The van der Waals surface area contributed by atoms with Crippen molar-refractivity contribution in [2.75, 3.05) is 0 Å². The summed E-state index contributed by atoms with van der Waals surface area (Å²) in [6.07, 6.45) is 3.38. The fourth-order valence-corrected chi connectivity index (χ4v) is 3.19. The van der Waals surface area contributed by atoms with Gasteiger partial charge in [0.1, 0.15) is 0 Å². The minimum absolute atomic E-state index is 0.272. The molecule has 88 valence electrons. The minimum atomic E-state index is -0.272. The molecule has 1 nitrogen and oxygen atoms in total. The third-order valence-corrected chi connectivity index (χ3v) is 3.80. The van der Waals surface area contributed by atoms with E-state index in [1.165, 1.54) is 19.3 Å². The van der Waals surface area contributed by atoms with Gasteiger partial charge >= 0.3 is 0 Å². The smallest absolute Gasteiger partial charge is 0.0818 e. The summed E-state index contributed by atoms with van der Waals surface area (Å²) < 4.78 is 0. The van der Waals surface area contributed by atoms with Crippen LogP contribution in [0.4, 0.5) is 0 Å². The summed E-state index contributed by atoms with van der Waals surface area (Å²) in [7, 11) is 0. The van der Waals surface area contributed by atoms with Gasteiger partial charge in [-0.3, -0.25) is 0 Å². The molecular formula is C15H22O. The van der Waals surface area contributed by atoms with E-state index in [0.29, 0.717) is 5.92 Å². The molecule has 1 heteroatoms. The molecule has 1 aromatic carbocycles. The molecule has 0 aliphatic heterocycles. The summed E-state index contributed by atoms with van der Waals surface area (Å²) in [5.74, 6) is 1.96. The van der Waals surface area contributed by atoms with E-state index in [1.807, 2.05) is 30.3 Å². The van der Waals surface area contributed by atoms with Gasteiger partial charge in [-0.2, -0.15) is 0 Å². The second-order valence-corrected chi connectivity index (χ2v) is 5.53. The Balaban J connectivity index is 2.07. The second kappa shape index (κ2) is 5.01. The van der Waals surface area contributed by atoms with E-state index in [9.17, 15) is 5.11 Å². The van der Waals surface area contributed by atoms with E-state index in [1.54, 1.807) is 0 Å². The average Bonchev–Trinajstić information content (AvgIpc) is 2.28. The van der Waals surface area contributed by atoms with E-state index in [2.05, 4.69) is 13.8 Å². The van der Waals surface area contributed by atoms with Crippen molar-refractivity contribution >= 4 is 0 Å². The van der Waals surface area contributed by atoms with Gasteiger partial charge in [0.05, 0.1) is 6.10 Å². The predicted molar refractivity (Wildman–Crippen MR) is 67.1 cm³/mol. The normalized spacial score (nSPS) is 32.3. The quantitative estimate of drug-likeness (QED) is 0.800. The fraction of sp³-hybridized carbons (Fsp3) is 0.600. The maximum Gasteiger partial charge on any atom is 0.0818 e. The summed E-state index contributed by atoms with van der Waals surface area (Å²) in [5, 5.41) is 10.4. The van der Waals surface area contributed by atoms with Gasteiger partial charge in [-0.1, -0.05) is 44.2 Å². The third-order valence-electron chi connectivity index (χ3n) is 3.80. The lowest BCUT2D eigenvalue weighted by atomic mass is 9.73. The van der Waals surface area contributed by atoms with Gasteiger partial charge < -0.3 is 5.11 Å². The first-order valence-electron chi connectivity index (χ1n) is 6.40. The van der Waals surface area contributed by atoms with Gasteiger partial charge in [0.2, 0.25) is 0 Å². The predicted octanol–water partition coefficient (Wildman–Crippen LogP) is 3.79. The van der Waals surface area contributed by atoms with Crippen LogP contribution in [0.5, 0.6) is 0 Å². The highest BCUT2D eigenvalue weighted by atomic mass is 16.3. The van der Waals surface area contributed by atoms with Crippen molar-refractivity contribution in [1.82, 2.24) is 0 Å². The van der Waals surface area contributed by atoms with E-state index in [-0.39, 0.29) is 6.10 Å². The van der Waals surface area contributed by atoms with Crippen molar-refractivity contribution < 1.29 is 5.11 Å². The molecule has 3 atom stereocenters. The molecule has 0 radical (unpaired) electrons. The largest absolute Gasteiger partial charge is 0.388 e. The van der Waals surface area contributed by atoms with Crippen molar-refractivity contribution in [1.29, 1.82) is 0 Å². The molecule has 1 saturated carbocycles. The Bertz CT molecular complexity index is 309. The minimum Gasteiger partial charge on any atom is -0.388 e. The van der Waals surface area contributed by atoms with Gasteiger partial charge in [-0.05, 0) is 42.6 Å². The van der Waals surface area contributed by atoms with Crippen molar-refractivity contribution in [3.8, 4) is 0 Å². The zero-order valence-electron chi connectivity index (χ0n) is 10.3. The summed E-state index contributed by atoms with van der Waals surface area (Å²) in [5.41, 5.74) is 1.08. The molecule has 0 bridgehead atoms.